The van der Waals surface area contributed by atoms with E-state index in [0.717, 1.165) is 12.8 Å². The molecule has 28 heavy (non-hydrogen) atoms. The van der Waals surface area contributed by atoms with E-state index in [1.807, 2.05) is 0 Å². The maximum atomic E-state index is 13.4. The van der Waals surface area contributed by atoms with Gasteiger partial charge in [-0.25, -0.2) is 12.8 Å². The Morgan fingerprint density at radius 1 is 1.07 bits per heavy atom. The van der Waals surface area contributed by atoms with Crippen molar-refractivity contribution in [2.24, 2.45) is 11.7 Å². The number of halogens is 2. The van der Waals surface area contributed by atoms with Crippen molar-refractivity contribution in [3.05, 3.63) is 64.9 Å². The van der Waals surface area contributed by atoms with E-state index in [-0.39, 0.29) is 11.4 Å². The third-order valence-corrected chi connectivity index (χ3v) is 7.27. The number of benzene rings is 2. The summed E-state index contributed by atoms with van der Waals surface area (Å²) in [6.45, 7) is 0.0275. The average molecular weight is 425 g/mol. The van der Waals surface area contributed by atoms with Crippen LogP contribution < -0.4 is 5.73 Å². The molecule has 0 radical (unpaired) electrons. The third-order valence-electron chi connectivity index (χ3n) is 5.14. The number of hydrogen-bond acceptors (Lipinski definition) is 3. The van der Waals surface area contributed by atoms with Crippen molar-refractivity contribution in [1.29, 1.82) is 0 Å². The van der Waals surface area contributed by atoms with Crippen LogP contribution in [-0.4, -0.2) is 24.7 Å². The fourth-order valence-electron chi connectivity index (χ4n) is 3.68. The molecule has 1 amide bonds. The molecule has 1 aliphatic carbocycles. The molecule has 1 aliphatic rings. The molecule has 0 spiro atoms. The first-order chi connectivity index (χ1) is 13.3. The Labute approximate surface area is 169 Å². The number of carbonyl (C=O) groups excluding carboxylic acids is 1. The van der Waals surface area contributed by atoms with E-state index >= 15 is 0 Å². The first-order valence-corrected chi connectivity index (χ1v) is 10.9. The van der Waals surface area contributed by atoms with Gasteiger partial charge in [-0.05, 0) is 54.8 Å². The van der Waals surface area contributed by atoms with E-state index < -0.39 is 33.7 Å². The van der Waals surface area contributed by atoms with Crippen LogP contribution in [0.25, 0.3) is 0 Å². The lowest BCUT2D eigenvalue weighted by Crippen LogP contribution is -2.49. The summed E-state index contributed by atoms with van der Waals surface area (Å²) in [6, 6.07) is 11.0. The molecule has 150 valence electrons. The summed E-state index contributed by atoms with van der Waals surface area (Å²) >= 11 is 5.89. The van der Waals surface area contributed by atoms with Crippen LogP contribution in [0.1, 0.15) is 31.2 Å². The van der Waals surface area contributed by atoms with Gasteiger partial charge in [-0.1, -0.05) is 36.6 Å². The van der Waals surface area contributed by atoms with E-state index in [4.69, 9.17) is 17.3 Å². The predicted molar refractivity (Wildman–Crippen MR) is 106 cm³/mol. The fourth-order valence-corrected chi connectivity index (χ4v) is 5.48. The Morgan fingerprint density at radius 3 is 2.29 bits per heavy atom. The van der Waals surface area contributed by atoms with Crippen molar-refractivity contribution in [2.75, 3.05) is 0 Å². The summed E-state index contributed by atoms with van der Waals surface area (Å²) in [4.78, 5) is 12.1. The van der Waals surface area contributed by atoms with Crippen LogP contribution >= 0.6 is 11.6 Å². The van der Waals surface area contributed by atoms with E-state index in [9.17, 15) is 17.6 Å². The van der Waals surface area contributed by atoms with E-state index in [2.05, 4.69) is 0 Å². The highest BCUT2D eigenvalue weighted by Crippen LogP contribution is 2.33. The summed E-state index contributed by atoms with van der Waals surface area (Å²) in [5.41, 5.74) is 6.22. The van der Waals surface area contributed by atoms with Gasteiger partial charge in [0, 0.05) is 17.6 Å². The number of amides is 1. The lowest BCUT2D eigenvalue weighted by Gasteiger charge is -2.38. The minimum atomic E-state index is -3.92. The minimum absolute atomic E-state index is 0.0275. The molecule has 2 N–H and O–H groups in total. The zero-order chi connectivity index (χ0) is 20.3. The summed E-state index contributed by atoms with van der Waals surface area (Å²) in [7, 11) is -3.92. The fraction of sp³-hybridized carbons (Fsp3) is 0.350. The SMILES string of the molecule is NC(=O)[C@H]1CCCC[C@H]1N(Cc1ccc(F)cc1)S(=O)(=O)c1ccc(Cl)cc1. The molecule has 0 heterocycles. The molecule has 0 unspecified atom stereocenters. The molecule has 3 rings (SSSR count). The second-order valence-electron chi connectivity index (χ2n) is 6.99. The summed E-state index contributed by atoms with van der Waals surface area (Å²) in [5, 5.41) is 0.428. The second-order valence-corrected chi connectivity index (χ2v) is 9.32. The number of nitrogens with two attached hydrogens (primary N) is 1. The van der Waals surface area contributed by atoms with Gasteiger partial charge in [-0.2, -0.15) is 4.31 Å². The van der Waals surface area contributed by atoms with Gasteiger partial charge in [0.25, 0.3) is 0 Å². The van der Waals surface area contributed by atoms with Crippen LogP contribution in [0.2, 0.25) is 5.02 Å². The van der Waals surface area contributed by atoms with Crippen molar-refractivity contribution >= 4 is 27.5 Å². The highest BCUT2D eigenvalue weighted by Gasteiger charge is 2.40. The smallest absolute Gasteiger partial charge is 0.243 e. The van der Waals surface area contributed by atoms with Crippen LogP contribution in [0, 0.1) is 11.7 Å². The molecule has 1 fully saturated rings. The molecular formula is C20H22ClFN2O3S. The van der Waals surface area contributed by atoms with Crippen molar-refractivity contribution in [3.63, 3.8) is 0 Å². The Bertz CT molecular complexity index is 933. The lowest BCUT2D eigenvalue weighted by molar-refractivity contribution is -0.124. The quantitative estimate of drug-likeness (QED) is 0.767. The standard InChI is InChI=1S/C20H22ClFN2O3S/c21-15-7-11-17(12-8-15)28(26,27)24(13-14-5-9-16(22)10-6-14)19-4-2-1-3-18(19)20(23)25/h5-12,18-19H,1-4,13H2,(H2,23,25)/t18-,19+/m0/s1. The number of sulfonamides is 1. The lowest BCUT2D eigenvalue weighted by atomic mass is 9.84. The van der Waals surface area contributed by atoms with Crippen molar-refractivity contribution in [2.45, 2.75) is 43.2 Å². The average Bonchev–Trinajstić information content (AvgIpc) is 2.67. The number of nitrogens with zero attached hydrogens (tertiary/aromatic N) is 1. The molecule has 2 atom stereocenters. The zero-order valence-corrected chi connectivity index (χ0v) is 16.8. The predicted octanol–water partition coefficient (Wildman–Crippen LogP) is 3.71. The van der Waals surface area contributed by atoms with Crippen LogP contribution in [0.15, 0.2) is 53.4 Å². The topological polar surface area (TPSA) is 80.5 Å². The third kappa shape index (κ3) is 4.54. The molecule has 2 aromatic carbocycles. The second kappa shape index (κ2) is 8.59. The number of hydrogen-bond donors (Lipinski definition) is 1. The van der Waals surface area contributed by atoms with Gasteiger partial charge in [-0.15, -0.1) is 0 Å². The van der Waals surface area contributed by atoms with E-state index in [1.165, 1.54) is 40.7 Å². The van der Waals surface area contributed by atoms with Crippen LogP contribution in [0.4, 0.5) is 4.39 Å². The maximum Gasteiger partial charge on any atom is 0.243 e. The molecule has 1 saturated carbocycles. The summed E-state index contributed by atoms with van der Waals surface area (Å²) < 4.78 is 41.5. The molecule has 0 saturated heterocycles. The van der Waals surface area contributed by atoms with E-state index in [1.54, 1.807) is 12.1 Å². The van der Waals surface area contributed by atoms with Gasteiger partial charge in [-0.3, -0.25) is 4.79 Å². The Hall–Kier alpha value is -1.96. The largest absolute Gasteiger partial charge is 0.369 e. The first kappa shape index (κ1) is 20.8. The highest BCUT2D eigenvalue weighted by molar-refractivity contribution is 7.89. The van der Waals surface area contributed by atoms with Gasteiger partial charge >= 0.3 is 0 Å². The number of rotatable bonds is 6. The minimum Gasteiger partial charge on any atom is -0.369 e. The highest BCUT2D eigenvalue weighted by atomic mass is 35.5. The summed E-state index contributed by atoms with van der Waals surface area (Å²) in [5.74, 6) is -1.46. The Kier molecular flexibility index (Phi) is 6.37. The van der Waals surface area contributed by atoms with Gasteiger partial charge in [0.15, 0.2) is 0 Å². The van der Waals surface area contributed by atoms with Crippen molar-refractivity contribution in [1.82, 2.24) is 4.31 Å². The van der Waals surface area contributed by atoms with Crippen LogP contribution in [0.5, 0.6) is 0 Å². The normalized spacial score (nSPS) is 20.2. The number of carbonyl (C=O) groups is 1. The van der Waals surface area contributed by atoms with Gasteiger partial charge in [0.05, 0.1) is 10.8 Å². The molecule has 0 aromatic heterocycles. The zero-order valence-electron chi connectivity index (χ0n) is 15.2. The Balaban J connectivity index is 2.03. The number of primary amides is 1. The Morgan fingerprint density at radius 2 is 1.68 bits per heavy atom. The first-order valence-electron chi connectivity index (χ1n) is 9.10. The maximum absolute atomic E-state index is 13.4. The van der Waals surface area contributed by atoms with Crippen LogP contribution in [-0.2, 0) is 21.4 Å². The van der Waals surface area contributed by atoms with Crippen molar-refractivity contribution in [3.8, 4) is 0 Å². The summed E-state index contributed by atoms with van der Waals surface area (Å²) in [6.07, 6.45) is 2.73. The molecule has 0 bridgehead atoms. The monoisotopic (exact) mass is 424 g/mol. The molecule has 0 aliphatic heterocycles. The molecular weight excluding hydrogens is 403 g/mol. The van der Waals surface area contributed by atoms with Crippen LogP contribution in [0.3, 0.4) is 0 Å². The van der Waals surface area contributed by atoms with Gasteiger partial charge in [0.1, 0.15) is 5.82 Å². The van der Waals surface area contributed by atoms with Crippen molar-refractivity contribution < 1.29 is 17.6 Å². The molecule has 8 heteroatoms. The van der Waals surface area contributed by atoms with Gasteiger partial charge < -0.3 is 5.73 Å². The van der Waals surface area contributed by atoms with Gasteiger partial charge in [0.2, 0.25) is 15.9 Å². The van der Waals surface area contributed by atoms with E-state index in [0.29, 0.717) is 23.4 Å². The molecule has 2 aromatic rings. The molecule has 5 nitrogen and oxygen atoms in total.